The second kappa shape index (κ2) is 8.76. The summed E-state index contributed by atoms with van der Waals surface area (Å²) in [6.45, 7) is 8.41. The number of hydrogen-bond donors (Lipinski definition) is 0. The van der Waals surface area contributed by atoms with Crippen LogP contribution in [0.25, 0.3) is 11.3 Å². The van der Waals surface area contributed by atoms with Crippen LogP contribution < -0.4 is 4.90 Å². The topological polar surface area (TPSA) is 88.8 Å². The zero-order valence-corrected chi connectivity index (χ0v) is 19.0. The van der Waals surface area contributed by atoms with Gasteiger partial charge in [-0.1, -0.05) is 6.07 Å². The van der Waals surface area contributed by atoms with Crippen LogP contribution in [0.2, 0.25) is 0 Å². The predicted octanol–water partition coefficient (Wildman–Crippen LogP) is 4.94. The third kappa shape index (κ3) is 4.84. The number of pyridine rings is 1. The molecule has 2 aliphatic heterocycles. The molecule has 0 atom stereocenters. The number of benzene rings is 1. The first-order valence-corrected chi connectivity index (χ1v) is 11.2. The summed E-state index contributed by atoms with van der Waals surface area (Å²) < 4.78 is 5.49. The van der Waals surface area contributed by atoms with Crippen molar-refractivity contribution in [2.75, 3.05) is 24.5 Å². The number of carbonyl (C=O) groups is 1. The van der Waals surface area contributed by atoms with Gasteiger partial charge in [-0.2, -0.15) is 0 Å². The molecular formula is C24H30N4O4. The van der Waals surface area contributed by atoms with E-state index in [4.69, 9.17) is 9.72 Å². The number of amides is 1. The second-order valence-electron chi connectivity index (χ2n) is 9.46. The van der Waals surface area contributed by atoms with Gasteiger partial charge in [-0.15, -0.1) is 0 Å². The van der Waals surface area contributed by atoms with Gasteiger partial charge in [0.15, 0.2) is 0 Å². The summed E-state index contributed by atoms with van der Waals surface area (Å²) in [5.41, 5.74) is 3.47. The Morgan fingerprint density at radius 1 is 1.09 bits per heavy atom. The molecule has 8 nitrogen and oxygen atoms in total. The van der Waals surface area contributed by atoms with Gasteiger partial charge in [0.25, 0.3) is 5.69 Å². The van der Waals surface area contributed by atoms with Crippen molar-refractivity contribution in [3.63, 3.8) is 0 Å². The monoisotopic (exact) mass is 438 g/mol. The lowest BCUT2D eigenvalue weighted by atomic mass is 10.0. The molecule has 8 heteroatoms. The Morgan fingerprint density at radius 3 is 2.53 bits per heavy atom. The molecule has 2 aromatic rings. The number of ether oxygens (including phenoxy) is 1. The lowest BCUT2D eigenvalue weighted by molar-refractivity contribution is -0.384. The Hall–Kier alpha value is -3.16. The summed E-state index contributed by atoms with van der Waals surface area (Å²) in [7, 11) is 0. The van der Waals surface area contributed by atoms with E-state index in [0.717, 1.165) is 42.9 Å². The molecule has 0 radical (unpaired) electrons. The van der Waals surface area contributed by atoms with Gasteiger partial charge >= 0.3 is 6.09 Å². The molecule has 1 amide bonds. The number of nitrogens with zero attached hydrogens (tertiary/aromatic N) is 4. The smallest absolute Gasteiger partial charge is 0.410 e. The summed E-state index contributed by atoms with van der Waals surface area (Å²) >= 11 is 0. The van der Waals surface area contributed by atoms with Crippen LogP contribution in [-0.4, -0.2) is 46.1 Å². The summed E-state index contributed by atoms with van der Waals surface area (Å²) in [4.78, 5) is 32.5. The number of fused-ring (bicyclic) bond motifs is 1. The van der Waals surface area contributed by atoms with Crippen LogP contribution in [0.15, 0.2) is 30.3 Å². The van der Waals surface area contributed by atoms with Gasteiger partial charge in [0, 0.05) is 43.5 Å². The first-order valence-electron chi connectivity index (χ1n) is 11.2. The molecule has 32 heavy (non-hydrogen) atoms. The summed E-state index contributed by atoms with van der Waals surface area (Å²) in [5, 5.41) is 11.7. The molecule has 0 saturated carbocycles. The van der Waals surface area contributed by atoms with Crippen LogP contribution in [0, 0.1) is 10.1 Å². The van der Waals surface area contributed by atoms with Crippen molar-refractivity contribution in [3.05, 3.63) is 51.7 Å². The van der Waals surface area contributed by atoms with Gasteiger partial charge in [0.2, 0.25) is 0 Å². The minimum Gasteiger partial charge on any atom is -0.444 e. The average Bonchev–Trinajstić information content (AvgIpc) is 2.77. The van der Waals surface area contributed by atoms with E-state index in [1.807, 2.05) is 45.0 Å². The molecule has 0 N–H and O–H groups in total. The Bertz CT molecular complexity index is 1030. The molecule has 170 valence electrons. The molecule has 0 aliphatic carbocycles. The van der Waals surface area contributed by atoms with E-state index >= 15 is 0 Å². The maximum absolute atomic E-state index is 12.4. The lowest BCUT2D eigenvalue weighted by Gasteiger charge is -2.31. The Labute approximate surface area is 188 Å². The first kappa shape index (κ1) is 22.0. The highest BCUT2D eigenvalue weighted by Gasteiger charge is 2.27. The molecule has 1 aromatic heterocycles. The number of carbonyl (C=O) groups excluding carboxylic acids is 1. The van der Waals surface area contributed by atoms with E-state index in [9.17, 15) is 14.9 Å². The van der Waals surface area contributed by atoms with E-state index < -0.39 is 5.60 Å². The van der Waals surface area contributed by atoms with Crippen LogP contribution in [0.5, 0.6) is 0 Å². The fourth-order valence-electron chi connectivity index (χ4n) is 4.29. The largest absolute Gasteiger partial charge is 0.444 e. The second-order valence-corrected chi connectivity index (χ2v) is 9.46. The summed E-state index contributed by atoms with van der Waals surface area (Å²) in [6.07, 6.45) is 3.75. The zero-order chi connectivity index (χ0) is 22.9. The highest BCUT2D eigenvalue weighted by atomic mass is 16.6. The third-order valence-corrected chi connectivity index (χ3v) is 5.87. The maximum Gasteiger partial charge on any atom is 0.410 e. The maximum atomic E-state index is 12.4. The molecule has 1 aromatic carbocycles. The summed E-state index contributed by atoms with van der Waals surface area (Å²) in [6, 6.07) is 9.06. The molecule has 0 unspecified atom stereocenters. The van der Waals surface area contributed by atoms with E-state index in [-0.39, 0.29) is 16.7 Å². The lowest BCUT2D eigenvalue weighted by Crippen LogP contribution is -2.40. The number of anilines is 1. The van der Waals surface area contributed by atoms with Crippen LogP contribution in [0.1, 0.15) is 51.3 Å². The van der Waals surface area contributed by atoms with Crippen molar-refractivity contribution in [2.24, 2.45) is 0 Å². The quantitative estimate of drug-likeness (QED) is 0.498. The molecule has 0 bridgehead atoms. The van der Waals surface area contributed by atoms with E-state index in [0.29, 0.717) is 30.8 Å². The highest BCUT2D eigenvalue weighted by molar-refractivity contribution is 5.76. The predicted molar refractivity (Wildman–Crippen MR) is 123 cm³/mol. The van der Waals surface area contributed by atoms with Crippen LogP contribution in [0.4, 0.5) is 16.2 Å². The number of nitro groups is 1. The number of rotatable bonds is 3. The third-order valence-electron chi connectivity index (χ3n) is 5.87. The van der Waals surface area contributed by atoms with Gasteiger partial charge in [-0.25, -0.2) is 4.79 Å². The van der Waals surface area contributed by atoms with Crippen molar-refractivity contribution in [2.45, 2.75) is 58.6 Å². The number of hydrogen-bond acceptors (Lipinski definition) is 6. The van der Waals surface area contributed by atoms with Crippen molar-refractivity contribution in [1.82, 2.24) is 9.88 Å². The van der Waals surface area contributed by atoms with Crippen molar-refractivity contribution in [3.8, 4) is 11.3 Å². The van der Waals surface area contributed by atoms with Crippen LogP contribution >= 0.6 is 0 Å². The van der Waals surface area contributed by atoms with Gasteiger partial charge < -0.3 is 14.5 Å². The molecule has 1 saturated heterocycles. The minimum absolute atomic E-state index is 0.0596. The fraction of sp³-hybridized carbons (Fsp3) is 0.500. The Kier molecular flexibility index (Phi) is 6.04. The molecule has 4 rings (SSSR count). The normalized spacial score (nSPS) is 16.5. The van der Waals surface area contributed by atoms with Gasteiger partial charge in [0.05, 0.1) is 22.7 Å². The van der Waals surface area contributed by atoms with Crippen LogP contribution in [-0.2, 0) is 17.7 Å². The summed E-state index contributed by atoms with van der Waals surface area (Å²) in [5.74, 6) is 0. The number of nitro benzene ring substituents is 1. The van der Waals surface area contributed by atoms with E-state index in [1.165, 1.54) is 6.42 Å². The average molecular weight is 439 g/mol. The SMILES string of the molecule is CC(C)(C)OC(=O)N1CCc2nc(-c3cc(N4CCCCC4)ccc3[N+](=O)[O-])ccc2C1. The van der Waals surface area contributed by atoms with Gasteiger partial charge in [0.1, 0.15) is 5.60 Å². The highest BCUT2D eigenvalue weighted by Crippen LogP contribution is 2.34. The molecule has 0 spiro atoms. The first-order chi connectivity index (χ1) is 15.2. The van der Waals surface area contributed by atoms with Crippen molar-refractivity contribution in [1.29, 1.82) is 0 Å². The standard InChI is InChI=1S/C24H30N4O4/c1-24(2,3)32-23(29)27-14-11-20-17(16-27)7-9-21(25-20)19-15-18(8-10-22(19)28(30)31)26-12-5-4-6-13-26/h7-10,15H,4-6,11-14,16H2,1-3H3. The zero-order valence-electron chi connectivity index (χ0n) is 19.0. The Morgan fingerprint density at radius 2 is 1.84 bits per heavy atom. The Balaban J connectivity index is 1.61. The molecular weight excluding hydrogens is 408 g/mol. The number of aromatic nitrogens is 1. The van der Waals surface area contributed by atoms with Gasteiger partial charge in [-0.3, -0.25) is 15.1 Å². The van der Waals surface area contributed by atoms with Crippen molar-refractivity contribution < 1.29 is 14.5 Å². The van der Waals surface area contributed by atoms with E-state index in [2.05, 4.69) is 4.90 Å². The fourth-order valence-corrected chi connectivity index (χ4v) is 4.29. The van der Waals surface area contributed by atoms with E-state index in [1.54, 1.807) is 11.0 Å². The molecule has 1 fully saturated rings. The van der Waals surface area contributed by atoms with Crippen molar-refractivity contribution >= 4 is 17.5 Å². The van der Waals surface area contributed by atoms with Crippen LogP contribution in [0.3, 0.4) is 0 Å². The minimum atomic E-state index is -0.544. The van der Waals surface area contributed by atoms with Gasteiger partial charge in [-0.05, 0) is 63.8 Å². The molecule has 3 heterocycles. The molecule has 2 aliphatic rings. The number of piperidine rings is 1.